The Labute approximate surface area is 122 Å². The predicted octanol–water partition coefficient (Wildman–Crippen LogP) is 2.55. The number of amides is 1. The highest BCUT2D eigenvalue weighted by molar-refractivity contribution is 7.10. The molecule has 0 radical (unpaired) electrons. The van der Waals surface area contributed by atoms with Crippen LogP contribution in [0.2, 0.25) is 0 Å². The molecule has 3 nitrogen and oxygen atoms in total. The van der Waals surface area contributed by atoms with Crippen LogP contribution >= 0.6 is 11.3 Å². The van der Waals surface area contributed by atoms with Crippen molar-refractivity contribution < 1.29 is 4.79 Å². The summed E-state index contributed by atoms with van der Waals surface area (Å²) in [6, 6.07) is 11.6. The van der Waals surface area contributed by atoms with Gasteiger partial charge in [-0.2, -0.15) is 0 Å². The predicted molar refractivity (Wildman–Crippen MR) is 82.6 cm³/mol. The van der Waals surface area contributed by atoms with E-state index >= 15 is 0 Å². The zero-order chi connectivity index (χ0) is 14.4. The van der Waals surface area contributed by atoms with Gasteiger partial charge in [0.2, 0.25) is 0 Å². The summed E-state index contributed by atoms with van der Waals surface area (Å²) < 4.78 is 0. The van der Waals surface area contributed by atoms with Crippen molar-refractivity contribution in [1.82, 2.24) is 5.32 Å². The molecular formula is C16H16N2OS. The zero-order valence-corrected chi connectivity index (χ0v) is 12.0. The van der Waals surface area contributed by atoms with Gasteiger partial charge in [-0.05, 0) is 18.6 Å². The Hall–Kier alpha value is -2.09. The second-order valence-electron chi connectivity index (χ2n) is 4.31. The third-order valence-corrected chi connectivity index (χ3v) is 3.67. The molecule has 4 heteroatoms. The van der Waals surface area contributed by atoms with E-state index in [9.17, 15) is 4.79 Å². The summed E-state index contributed by atoms with van der Waals surface area (Å²) in [5, 5.41) is 4.79. The molecule has 1 aromatic heterocycles. The minimum atomic E-state index is -0.0848. The number of rotatable bonds is 3. The molecule has 0 bridgehead atoms. The topological polar surface area (TPSA) is 55.1 Å². The SMILES string of the molecule is CC(NC(=O)c1csc(C#CCN)c1)c1ccccc1. The van der Waals surface area contributed by atoms with Gasteiger partial charge in [0.1, 0.15) is 0 Å². The summed E-state index contributed by atoms with van der Waals surface area (Å²) in [4.78, 5) is 13.0. The van der Waals surface area contributed by atoms with Crippen LogP contribution in [0.3, 0.4) is 0 Å². The van der Waals surface area contributed by atoms with Crippen LogP contribution < -0.4 is 11.1 Å². The molecule has 1 unspecified atom stereocenters. The van der Waals surface area contributed by atoms with Gasteiger partial charge in [0.05, 0.1) is 23.0 Å². The largest absolute Gasteiger partial charge is 0.345 e. The van der Waals surface area contributed by atoms with Crippen molar-refractivity contribution >= 4 is 17.2 Å². The molecule has 2 aromatic rings. The number of carbonyl (C=O) groups excluding carboxylic acids is 1. The molecule has 1 amide bonds. The number of thiophene rings is 1. The molecule has 2 rings (SSSR count). The molecule has 0 spiro atoms. The maximum Gasteiger partial charge on any atom is 0.252 e. The smallest absolute Gasteiger partial charge is 0.252 e. The van der Waals surface area contributed by atoms with E-state index in [4.69, 9.17) is 5.73 Å². The highest BCUT2D eigenvalue weighted by Gasteiger charge is 2.12. The van der Waals surface area contributed by atoms with Gasteiger partial charge in [0.15, 0.2) is 0 Å². The summed E-state index contributed by atoms with van der Waals surface area (Å²) in [5.41, 5.74) is 7.05. The third-order valence-electron chi connectivity index (χ3n) is 2.82. The van der Waals surface area contributed by atoms with Gasteiger partial charge in [-0.3, -0.25) is 4.79 Å². The van der Waals surface area contributed by atoms with E-state index in [2.05, 4.69) is 17.2 Å². The Morgan fingerprint density at radius 1 is 1.40 bits per heavy atom. The summed E-state index contributed by atoms with van der Waals surface area (Å²) in [5.74, 6) is 5.62. The molecule has 1 heterocycles. The second kappa shape index (κ2) is 6.90. The lowest BCUT2D eigenvalue weighted by molar-refractivity contribution is 0.0940. The fourth-order valence-corrected chi connectivity index (χ4v) is 2.52. The van der Waals surface area contributed by atoms with Crippen LogP contribution in [0.15, 0.2) is 41.8 Å². The van der Waals surface area contributed by atoms with Gasteiger partial charge < -0.3 is 11.1 Å². The molecule has 20 heavy (non-hydrogen) atoms. The van der Waals surface area contributed by atoms with Gasteiger partial charge in [-0.15, -0.1) is 11.3 Å². The first-order valence-corrected chi connectivity index (χ1v) is 7.22. The Morgan fingerprint density at radius 3 is 2.85 bits per heavy atom. The van der Waals surface area contributed by atoms with Crippen molar-refractivity contribution in [2.45, 2.75) is 13.0 Å². The first-order valence-electron chi connectivity index (χ1n) is 6.34. The average Bonchev–Trinajstić information content (AvgIpc) is 2.95. The lowest BCUT2D eigenvalue weighted by Crippen LogP contribution is -2.26. The van der Waals surface area contributed by atoms with Crippen LogP contribution in [0.4, 0.5) is 0 Å². The maximum atomic E-state index is 12.1. The van der Waals surface area contributed by atoms with Crippen LogP contribution in [0.5, 0.6) is 0 Å². The lowest BCUT2D eigenvalue weighted by atomic mass is 10.1. The molecule has 3 N–H and O–H groups in total. The number of hydrogen-bond donors (Lipinski definition) is 2. The van der Waals surface area contributed by atoms with Gasteiger partial charge in [0.25, 0.3) is 5.91 Å². The molecule has 0 saturated carbocycles. The standard InChI is InChI=1S/C16H16N2OS/c1-12(13-6-3-2-4-7-13)18-16(19)14-10-15(20-11-14)8-5-9-17/h2-4,6-7,10-12H,9,17H2,1H3,(H,18,19). The van der Waals surface area contributed by atoms with Crippen LogP contribution in [0, 0.1) is 11.8 Å². The maximum absolute atomic E-state index is 12.1. The molecule has 0 fully saturated rings. The van der Waals surface area contributed by atoms with Crippen molar-refractivity contribution in [3.8, 4) is 11.8 Å². The molecule has 102 valence electrons. The van der Waals surface area contributed by atoms with Crippen molar-refractivity contribution in [3.63, 3.8) is 0 Å². The molecule has 1 atom stereocenters. The van der Waals surface area contributed by atoms with Crippen LogP contribution in [0.1, 0.15) is 33.8 Å². The van der Waals surface area contributed by atoms with Gasteiger partial charge >= 0.3 is 0 Å². The third kappa shape index (κ3) is 3.70. The average molecular weight is 284 g/mol. The highest BCUT2D eigenvalue weighted by Crippen LogP contribution is 2.16. The van der Waals surface area contributed by atoms with Crippen LogP contribution in [-0.4, -0.2) is 12.5 Å². The summed E-state index contributed by atoms with van der Waals surface area (Å²) in [6.45, 7) is 2.29. The molecule has 1 aromatic carbocycles. The van der Waals surface area contributed by atoms with Crippen molar-refractivity contribution in [1.29, 1.82) is 0 Å². The zero-order valence-electron chi connectivity index (χ0n) is 11.2. The van der Waals surface area contributed by atoms with E-state index in [-0.39, 0.29) is 11.9 Å². The van der Waals surface area contributed by atoms with E-state index in [1.165, 1.54) is 11.3 Å². The minimum absolute atomic E-state index is 0.0258. The van der Waals surface area contributed by atoms with E-state index in [1.807, 2.05) is 42.6 Å². The van der Waals surface area contributed by atoms with Gasteiger partial charge in [-0.25, -0.2) is 0 Å². The number of carbonyl (C=O) groups is 1. The molecule has 0 aliphatic rings. The summed E-state index contributed by atoms with van der Waals surface area (Å²) in [6.07, 6.45) is 0. The number of nitrogens with one attached hydrogen (secondary N) is 1. The highest BCUT2D eigenvalue weighted by atomic mass is 32.1. The first-order chi connectivity index (χ1) is 9.70. The van der Waals surface area contributed by atoms with Crippen LogP contribution in [-0.2, 0) is 0 Å². The van der Waals surface area contributed by atoms with Gasteiger partial charge in [-0.1, -0.05) is 42.2 Å². The van der Waals surface area contributed by atoms with E-state index in [1.54, 1.807) is 6.07 Å². The van der Waals surface area contributed by atoms with Crippen molar-refractivity contribution in [2.75, 3.05) is 6.54 Å². The number of hydrogen-bond acceptors (Lipinski definition) is 3. The number of nitrogens with two attached hydrogens (primary N) is 1. The number of benzene rings is 1. The fraction of sp³-hybridized carbons (Fsp3) is 0.188. The van der Waals surface area contributed by atoms with E-state index < -0.39 is 0 Å². The second-order valence-corrected chi connectivity index (χ2v) is 5.22. The summed E-state index contributed by atoms with van der Waals surface area (Å²) in [7, 11) is 0. The quantitative estimate of drug-likeness (QED) is 0.851. The Morgan fingerprint density at radius 2 is 2.15 bits per heavy atom. The minimum Gasteiger partial charge on any atom is -0.345 e. The Balaban J connectivity index is 2.03. The fourth-order valence-electron chi connectivity index (χ4n) is 1.76. The van der Waals surface area contributed by atoms with Crippen molar-refractivity contribution in [3.05, 3.63) is 57.8 Å². The molecule has 0 aliphatic heterocycles. The first kappa shape index (κ1) is 14.3. The normalized spacial score (nSPS) is 11.3. The molecular weight excluding hydrogens is 268 g/mol. The van der Waals surface area contributed by atoms with Crippen LogP contribution in [0.25, 0.3) is 0 Å². The Kier molecular flexibility index (Phi) is 4.94. The van der Waals surface area contributed by atoms with Crippen molar-refractivity contribution in [2.24, 2.45) is 5.73 Å². The molecule has 0 aliphatic carbocycles. The van der Waals surface area contributed by atoms with E-state index in [0.29, 0.717) is 12.1 Å². The summed E-state index contributed by atoms with van der Waals surface area (Å²) >= 11 is 1.45. The van der Waals surface area contributed by atoms with Gasteiger partial charge in [0, 0.05) is 5.38 Å². The molecule has 0 saturated heterocycles. The lowest BCUT2D eigenvalue weighted by Gasteiger charge is -2.13. The Bertz CT molecular complexity index is 637. The van der Waals surface area contributed by atoms with E-state index in [0.717, 1.165) is 10.4 Å². The monoisotopic (exact) mass is 284 g/mol.